The molecule has 0 saturated heterocycles. The Balaban J connectivity index is 2.58. The van der Waals surface area contributed by atoms with E-state index in [0.717, 1.165) is 5.56 Å². The van der Waals surface area contributed by atoms with Crippen molar-refractivity contribution in [2.45, 2.75) is 20.8 Å². The Morgan fingerprint density at radius 3 is 2.07 bits per heavy atom. The minimum atomic E-state index is 0.708. The van der Waals surface area contributed by atoms with E-state index in [1.165, 1.54) is 15.8 Å². The Hall–Kier alpha value is -1.84. The first-order valence-electron chi connectivity index (χ1n) is 4.83. The number of nitrogens with two attached hydrogens (primary N) is 1. The lowest BCUT2D eigenvalue weighted by molar-refractivity contribution is 0.931. The topological polar surface area (TPSA) is 56.7 Å². The molecule has 0 aliphatic carbocycles. The number of aryl methyl sites for hydroxylation is 3. The zero-order valence-corrected chi connectivity index (χ0v) is 9.15. The van der Waals surface area contributed by atoms with Gasteiger partial charge in [-0.1, -0.05) is 17.2 Å². The molecule has 78 valence electrons. The van der Waals surface area contributed by atoms with E-state index in [0.29, 0.717) is 11.6 Å². The Morgan fingerprint density at radius 1 is 1.00 bits per heavy atom. The number of hydrogen-bond acceptors (Lipinski definition) is 3. The highest BCUT2D eigenvalue weighted by molar-refractivity contribution is 5.58. The van der Waals surface area contributed by atoms with E-state index in [9.17, 15) is 0 Å². The Bertz CT molecular complexity index is 479. The lowest BCUT2D eigenvalue weighted by atomic mass is 10.1. The van der Waals surface area contributed by atoms with Crippen LogP contribution in [0.3, 0.4) is 0 Å². The highest BCUT2D eigenvalue weighted by atomic mass is 15.4. The van der Waals surface area contributed by atoms with Gasteiger partial charge in [-0.25, -0.2) is 4.68 Å². The van der Waals surface area contributed by atoms with Gasteiger partial charge in [-0.3, -0.25) is 0 Å². The fraction of sp³-hybridized carbons (Fsp3) is 0.273. The third kappa shape index (κ3) is 1.70. The fourth-order valence-electron chi connectivity index (χ4n) is 1.67. The van der Waals surface area contributed by atoms with Crippen LogP contribution in [0, 0.1) is 20.8 Å². The zero-order valence-electron chi connectivity index (χ0n) is 9.15. The average molecular weight is 202 g/mol. The number of hydrogen-bond donors (Lipinski definition) is 1. The molecule has 1 aromatic carbocycles. The third-order valence-electron chi connectivity index (χ3n) is 2.35. The molecule has 2 aromatic rings. The highest BCUT2D eigenvalue weighted by Gasteiger charge is 2.08. The van der Waals surface area contributed by atoms with Crippen molar-refractivity contribution in [2.24, 2.45) is 0 Å². The van der Waals surface area contributed by atoms with Crippen LogP contribution >= 0.6 is 0 Å². The molecule has 1 heterocycles. The van der Waals surface area contributed by atoms with Crippen molar-refractivity contribution < 1.29 is 0 Å². The summed E-state index contributed by atoms with van der Waals surface area (Å²) in [7, 11) is 0. The number of nitrogen functional groups attached to an aromatic ring is 1. The van der Waals surface area contributed by atoms with E-state index < -0.39 is 0 Å². The van der Waals surface area contributed by atoms with Crippen LogP contribution in [-0.4, -0.2) is 14.9 Å². The summed E-state index contributed by atoms with van der Waals surface area (Å²) in [5.41, 5.74) is 3.41. The zero-order chi connectivity index (χ0) is 11.0. The first kappa shape index (κ1) is 9.71. The van der Waals surface area contributed by atoms with Crippen molar-refractivity contribution >= 4 is 0 Å². The normalized spacial score (nSPS) is 10.6. The van der Waals surface area contributed by atoms with Crippen molar-refractivity contribution in [1.82, 2.24) is 14.9 Å². The van der Waals surface area contributed by atoms with Gasteiger partial charge in [-0.2, -0.15) is 0 Å². The van der Waals surface area contributed by atoms with Crippen LogP contribution in [0.4, 0.5) is 0 Å². The van der Waals surface area contributed by atoms with Crippen molar-refractivity contribution in [2.75, 3.05) is 5.84 Å². The summed E-state index contributed by atoms with van der Waals surface area (Å²) >= 11 is 0. The lowest BCUT2D eigenvalue weighted by Crippen LogP contribution is -2.11. The maximum absolute atomic E-state index is 5.83. The molecular formula is C11H14N4. The second kappa shape index (κ2) is 3.38. The molecular weight excluding hydrogens is 188 g/mol. The standard InChI is InChI=1S/C11H14N4/c1-7-4-8(2)6-10(5-7)11-14-13-9(3)15(11)12/h4-6H,12H2,1-3H3. The van der Waals surface area contributed by atoms with Gasteiger partial charge < -0.3 is 5.84 Å². The average Bonchev–Trinajstić information content (AvgIpc) is 2.46. The molecule has 2 N–H and O–H groups in total. The van der Waals surface area contributed by atoms with Crippen molar-refractivity contribution in [1.29, 1.82) is 0 Å². The van der Waals surface area contributed by atoms with Crippen molar-refractivity contribution in [3.05, 3.63) is 35.2 Å². The molecule has 0 bridgehead atoms. The van der Waals surface area contributed by atoms with E-state index in [-0.39, 0.29) is 0 Å². The van der Waals surface area contributed by atoms with Crippen LogP contribution < -0.4 is 5.84 Å². The molecule has 0 saturated carbocycles. The first-order valence-corrected chi connectivity index (χ1v) is 4.83. The van der Waals surface area contributed by atoms with E-state index in [4.69, 9.17) is 5.84 Å². The van der Waals surface area contributed by atoms with Crippen molar-refractivity contribution in [3.8, 4) is 11.4 Å². The maximum atomic E-state index is 5.83. The Morgan fingerprint density at radius 2 is 1.60 bits per heavy atom. The summed E-state index contributed by atoms with van der Waals surface area (Å²) in [6.07, 6.45) is 0. The van der Waals surface area contributed by atoms with Gasteiger partial charge in [0.15, 0.2) is 5.82 Å². The summed E-state index contributed by atoms with van der Waals surface area (Å²) in [5, 5.41) is 8.00. The van der Waals surface area contributed by atoms with Gasteiger partial charge in [0, 0.05) is 5.56 Å². The summed E-state index contributed by atoms with van der Waals surface area (Å²) in [6, 6.07) is 6.23. The highest BCUT2D eigenvalue weighted by Crippen LogP contribution is 2.19. The summed E-state index contributed by atoms with van der Waals surface area (Å²) in [4.78, 5) is 0. The van der Waals surface area contributed by atoms with Crippen LogP contribution in [0.25, 0.3) is 11.4 Å². The minimum Gasteiger partial charge on any atom is -0.336 e. The van der Waals surface area contributed by atoms with E-state index >= 15 is 0 Å². The molecule has 0 fully saturated rings. The SMILES string of the molecule is Cc1cc(C)cc(-c2nnc(C)n2N)c1. The minimum absolute atomic E-state index is 0.708. The van der Waals surface area contributed by atoms with Gasteiger partial charge in [-0.05, 0) is 32.9 Å². The summed E-state index contributed by atoms with van der Waals surface area (Å²) in [5.74, 6) is 7.25. The number of benzene rings is 1. The van der Waals surface area contributed by atoms with Crippen molar-refractivity contribution in [3.63, 3.8) is 0 Å². The molecule has 0 atom stereocenters. The van der Waals surface area contributed by atoms with E-state index in [1.807, 2.05) is 6.92 Å². The Kier molecular flexibility index (Phi) is 2.19. The lowest BCUT2D eigenvalue weighted by Gasteiger charge is -2.04. The molecule has 0 amide bonds. The third-order valence-corrected chi connectivity index (χ3v) is 2.35. The predicted octanol–water partition coefficient (Wildman–Crippen LogP) is 1.58. The van der Waals surface area contributed by atoms with Gasteiger partial charge in [0.2, 0.25) is 0 Å². The largest absolute Gasteiger partial charge is 0.336 e. The molecule has 0 unspecified atom stereocenters. The van der Waals surface area contributed by atoms with Crippen LogP contribution in [0.1, 0.15) is 17.0 Å². The van der Waals surface area contributed by atoms with Crippen LogP contribution in [-0.2, 0) is 0 Å². The summed E-state index contributed by atoms with van der Waals surface area (Å²) < 4.78 is 1.51. The van der Waals surface area contributed by atoms with Gasteiger partial charge in [0.25, 0.3) is 0 Å². The van der Waals surface area contributed by atoms with Gasteiger partial charge >= 0.3 is 0 Å². The second-order valence-corrected chi connectivity index (χ2v) is 3.82. The molecule has 0 aliphatic heterocycles. The monoisotopic (exact) mass is 202 g/mol. The number of rotatable bonds is 1. The Labute approximate surface area is 88.7 Å². The maximum Gasteiger partial charge on any atom is 0.182 e. The quantitative estimate of drug-likeness (QED) is 0.714. The molecule has 15 heavy (non-hydrogen) atoms. The number of nitrogens with zero attached hydrogens (tertiary/aromatic N) is 3. The molecule has 2 rings (SSSR count). The smallest absolute Gasteiger partial charge is 0.182 e. The second-order valence-electron chi connectivity index (χ2n) is 3.82. The van der Waals surface area contributed by atoms with Gasteiger partial charge in [0.1, 0.15) is 5.82 Å². The van der Waals surface area contributed by atoms with Crippen LogP contribution in [0.15, 0.2) is 18.2 Å². The van der Waals surface area contributed by atoms with Crippen LogP contribution in [0.2, 0.25) is 0 Å². The summed E-state index contributed by atoms with van der Waals surface area (Å²) in [6.45, 7) is 5.94. The first-order chi connectivity index (χ1) is 7.08. The van der Waals surface area contributed by atoms with Gasteiger partial charge in [0.05, 0.1) is 0 Å². The van der Waals surface area contributed by atoms with E-state index in [1.54, 1.807) is 0 Å². The molecule has 1 aromatic heterocycles. The van der Waals surface area contributed by atoms with E-state index in [2.05, 4.69) is 42.2 Å². The molecule has 0 aliphatic rings. The fourth-order valence-corrected chi connectivity index (χ4v) is 1.67. The van der Waals surface area contributed by atoms with Gasteiger partial charge in [-0.15, -0.1) is 10.2 Å². The molecule has 4 nitrogen and oxygen atoms in total. The predicted molar refractivity (Wildman–Crippen MR) is 59.8 cm³/mol. The molecule has 4 heteroatoms. The molecule has 0 spiro atoms. The van der Waals surface area contributed by atoms with Crippen LogP contribution in [0.5, 0.6) is 0 Å². The number of aromatic nitrogens is 3. The molecule has 0 radical (unpaired) electrons.